The van der Waals surface area contributed by atoms with E-state index < -0.39 is 0 Å². The predicted octanol–water partition coefficient (Wildman–Crippen LogP) is 2.11. The van der Waals surface area contributed by atoms with Gasteiger partial charge in [-0.3, -0.25) is 0 Å². The maximum absolute atomic E-state index is 5.28. The molecule has 2 nitrogen and oxygen atoms in total. The molecule has 0 aromatic heterocycles. The van der Waals surface area contributed by atoms with Crippen molar-refractivity contribution in [2.24, 2.45) is 0 Å². The number of allylic oxidation sites excluding steroid dienone is 1. The van der Waals surface area contributed by atoms with E-state index in [0.29, 0.717) is 0 Å². The van der Waals surface area contributed by atoms with Gasteiger partial charge in [0.25, 0.3) is 0 Å². The summed E-state index contributed by atoms with van der Waals surface area (Å²) in [7, 11) is 0. The first-order valence-corrected chi connectivity index (χ1v) is 4.22. The fraction of sp³-hybridized carbons (Fsp3) is 0.778. The van der Waals surface area contributed by atoms with Gasteiger partial charge in [0.15, 0.2) is 6.29 Å². The summed E-state index contributed by atoms with van der Waals surface area (Å²) in [4.78, 5) is 0. The number of hydrogen-bond acceptors (Lipinski definition) is 2. The zero-order chi connectivity index (χ0) is 8.10. The molecule has 0 unspecified atom stereocenters. The Morgan fingerprint density at radius 3 is 2.64 bits per heavy atom. The van der Waals surface area contributed by atoms with Crippen LogP contribution >= 0.6 is 0 Å². The second-order valence-corrected chi connectivity index (χ2v) is 2.81. The molecule has 0 saturated carbocycles. The van der Waals surface area contributed by atoms with Gasteiger partial charge in [0.05, 0.1) is 13.2 Å². The summed E-state index contributed by atoms with van der Waals surface area (Å²) in [6.07, 6.45) is 3.10. The highest BCUT2D eigenvalue weighted by Crippen LogP contribution is 2.14. The number of hydrogen-bond donors (Lipinski definition) is 0. The van der Waals surface area contributed by atoms with E-state index in [1.54, 1.807) is 0 Å². The molecule has 0 bridgehead atoms. The summed E-state index contributed by atoms with van der Waals surface area (Å²) >= 11 is 0. The highest BCUT2D eigenvalue weighted by Gasteiger charge is 2.14. The molecular weight excluding hydrogens is 140 g/mol. The minimum absolute atomic E-state index is 0.0401. The summed E-state index contributed by atoms with van der Waals surface area (Å²) in [5.41, 5.74) is 1.28. The molecule has 1 saturated heterocycles. The van der Waals surface area contributed by atoms with Gasteiger partial charge in [0.1, 0.15) is 0 Å². The highest BCUT2D eigenvalue weighted by atomic mass is 16.7. The van der Waals surface area contributed by atoms with Crippen molar-refractivity contribution in [1.82, 2.24) is 0 Å². The number of rotatable bonds is 4. The Morgan fingerprint density at radius 1 is 1.45 bits per heavy atom. The van der Waals surface area contributed by atoms with Crippen LogP contribution in [0.25, 0.3) is 0 Å². The van der Waals surface area contributed by atoms with Crippen molar-refractivity contribution in [2.45, 2.75) is 32.5 Å². The third kappa shape index (κ3) is 3.04. The van der Waals surface area contributed by atoms with Crippen LogP contribution in [-0.4, -0.2) is 19.5 Å². The molecular formula is C9H16O2. The Hall–Kier alpha value is -0.340. The monoisotopic (exact) mass is 156 g/mol. The second kappa shape index (κ2) is 4.52. The lowest BCUT2D eigenvalue weighted by Gasteiger charge is -2.08. The van der Waals surface area contributed by atoms with E-state index in [1.165, 1.54) is 5.57 Å². The van der Waals surface area contributed by atoms with Crippen molar-refractivity contribution < 1.29 is 9.47 Å². The SMILES string of the molecule is C=C(CC)CCC1OCCO1. The van der Waals surface area contributed by atoms with Crippen molar-refractivity contribution in [2.75, 3.05) is 13.2 Å². The largest absolute Gasteiger partial charge is 0.350 e. The molecule has 1 rings (SSSR count). The molecule has 0 radical (unpaired) electrons. The van der Waals surface area contributed by atoms with E-state index in [1.807, 2.05) is 0 Å². The Kier molecular flexibility index (Phi) is 3.60. The smallest absolute Gasteiger partial charge is 0.158 e. The molecule has 0 amide bonds. The van der Waals surface area contributed by atoms with Crippen molar-refractivity contribution in [3.63, 3.8) is 0 Å². The third-order valence-corrected chi connectivity index (χ3v) is 1.92. The van der Waals surface area contributed by atoms with Gasteiger partial charge in [-0.25, -0.2) is 0 Å². The zero-order valence-electron chi connectivity index (χ0n) is 7.14. The third-order valence-electron chi connectivity index (χ3n) is 1.92. The van der Waals surface area contributed by atoms with Gasteiger partial charge in [-0.05, 0) is 12.8 Å². The first-order valence-electron chi connectivity index (χ1n) is 4.22. The summed E-state index contributed by atoms with van der Waals surface area (Å²) in [5.74, 6) is 0. The van der Waals surface area contributed by atoms with Crippen LogP contribution in [0.15, 0.2) is 12.2 Å². The molecule has 1 aliphatic rings. The molecule has 0 N–H and O–H groups in total. The molecule has 0 aromatic carbocycles. The molecule has 0 atom stereocenters. The first kappa shape index (κ1) is 8.75. The van der Waals surface area contributed by atoms with Crippen LogP contribution in [0.3, 0.4) is 0 Å². The summed E-state index contributed by atoms with van der Waals surface area (Å²) in [5, 5.41) is 0. The summed E-state index contributed by atoms with van der Waals surface area (Å²) in [6.45, 7) is 7.55. The minimum atomic E-state index is 0.0401. The van der Waals surface area contributed by atoms with Crippen molar-refractivity contribution in [3.05, 3.63) is 12.2 Å². The van der Waals surface area contributed by atoms with Gasteiger partial charge in [0.2, 0.25) is 0 Å². The maximum Gasteiger partial charge on any atom is 0.158 e. The molecule has 1 fully saturated rings. The fourth-order valence-electron chi connectivity index (χ4n) is 1.07. The molecule has 64 valence electrons. The van der Waals surface area contributed by atoms with Crippen LogP contribution in [0, 0.1) is 0 Å². The standard InChI is InChI=1S/C9H16O2/c1-3-8(2)4-5-9-10-6-7-11-9/h9H,2-7H2,1H3. The molecule has 1 heterocycles. The van der Waals surface area contributed by atoms with Crippen molar-refractivity contribution in [3.8, 4) is 0 Å². The lowest BCUT2D eigenvalue weighted by Crippen LogP contribution is -2.06. The quantitative estimate of drug-likeness (QED) is 0.580. The minimum Gasteiger partial charge on any atom is -0.350 e. The van der Waals surface area contributed by atoms with E-state index in [0.717, 1.165) is 32.5 Å². The molecule has 0 aliphatic carbocycles. The zero-order valence-corrected chi connectivity index (χ0v) is 7.14. The highest BCUT2D eigenvalue weighted by molar-refractivity contribution is 4.92. The lowest BCUT2D eigenvalue weighted by molar-refractivity contribution is -0.0462. The topological polar surface area (TPSA) is 18.5 Å². The van der Waals surface area contributed by atoms with Crippen molar-refractivity contribution >= 4 is 0 Å². The van der Waals surface area contributed by atoms with E-state index in [4.69, 9.17) is 9.47 Å². The lowest BCUT2D eigenvalue weighted by atomic mass is 10.1. The van der Waals surface area contributed by atoms with E-state index in [2.05, 4.69) is 13.5 Å². The molecule has 0 aromatic rings. The van der Waals surface area contributed by atoms with Crippen LogP contribution in [0.4, 0.5) is 0 Å². The van der Waals surface area contributed by atoms with Crippen LogP contribution in [-0.2, 0) is 9.47 Å². The van der Waals surface area contributed by atoms with Gasteiger partial charge < -0.3 is 9.47 Å². The van der Waals surface area contributed by atoms with E-state index >= 15 is 0 Å². The Balaban J connectivity index is 2.06. The molecule has 2 heteroatoms. The Labute approximate surface area is 68.2 Å². The first-order chi connectivity index (χ1) is 5.33. The number of ether oxygens (including phenoxy) is 2. The van der Waals surface area contributed by atoms with Gasteiger partial charge in [-0.2, -0.15) is 0 Å². The average Bonchev–Trinajstić information content (AvgIpc) is 2.52. The second-order valence-electron chi connectivity index (χ2n) is 2.81. The van der Waals surface area contributed by atoms with Crippen LogP contribution in [0.5, 0.6) is 0 Å². The Bertz CT molecular complexity index is 126. The van der Waals surface area contributed by atoms with Crippen LogP contribution in [0.1, 0.15) is 26.2 Å². The average molecular weight is 156 g/mol. The molecule has 0 spiro atoms. The summed E-state index contributed by atoms with van der Waals surface area (Å²) < 4.78 is 10.6. The molecule has 11 heavy (non-hydrogen) atoms. The predicted molar refractivity (Wildman–Crippen MR) is 44.4 cm³/mol. The van der Waals surface area contributed by atoms with E-state index in [-0.39, 0.29) is 6.29 Å². The maximum atomic E-state index is 5.28. The normalized spacial score (nSPS) is 19.0. The summed E-state index contributed by atoms with van der Waals surface area (Å²) in [6, 6.07) is 0. The van der Waals surface area contributed by atoms with Crippen LogP contribution < -0.4 is 0 Å². The van der Waals surface area contributed by atoms with Crippen molar-refractivity contribution in [1.29, 1.82) is 0 Å². The molecule has 1 aliphatic heterocycles. The van der Waals surface area contributed by atoms with Gasteiger partial charge in [-0.15, -0.1) is 0 Å². The van der Waals surface area contributed by atoms with Gasteiger partial charge in [0, 0.05) is 6.42 Å². The van der Waals surface area contributed by atoms with Gasteiger partial charge in [-0.1, -0.05) is 19.1 Å². The van der Waals surface area contributed by atoms with E-state index in [9.17, 15) is 0 Å². The van der Waals surface area contributed by atoms with Crippen LogP contribution in [0.2, 0.25) is 0 Å². The van der Waals surface area contributed by atoms with Gasteiger partial charge >= 0.3 is 0 Å². The Morgan fingerprint density at radius 2 is 2.09 bits per heavy atom. The fourth-order valence-corrected chi connectivity index (χ4v) is 1.07.